The van der Waals surface area contributed by atoms with Gasteiger partial charge in [0, 0.05) is 0 Å². The Morgan fingerprint density at radius 2 is 1.68 bits per heavy atom. The lowest BCUT2D eigenvalue weighted by Gasteiger charge is -2.00. The molecule has 0 atom stereocenters. The number of nitrogens with zero attached hydrogens (tertiary/aromatic N) is 1. The van der Waals surface area contributed by atoms with E-state index in [0.29, 0.717) is 16.1 Å². The van der Waals surface area contributed by atoms with Gasteiger partial charge in [0.2, 0.25) is 0 Å². The SMILES string of the molecule is Fc1cccc(F)c1-c1nc2c(Cl)c(Cl)ccc2[nH]1. The Morgan fingerprint density at radius 3 is 2.37 bits per heavy atom. The highest BCUT2D eigenvalue weighted by Crippen LogP contribution is 2.32. The van der Waals surface area contributed by atoms with Gasteiger partial charge in [-0.15, -0.1) is 0 Å². The van der Waals surface area contributed by atoms with Crippen LogP contribution >= 0.6 is 23.2 Å². The molecule has 0 saturated carbocycles. The van der Waals surface area contributed by atoms with Crippen LogP contribution in [0.2, 0.25) is 10.0 Å². The maximum Gasteiger partial charge on any atom is 0.144 e. The molecule has 0 radical (unpaired) electrons. The van der Waals surface area contributed by atoms with Gasteiger partial charge in [0.15, 0.2) is 0 Å². The van der Waals surface area contributed by atoms with Crippen LogP contribution in [-0.2, 0) is 0 Å². The lowest BCUT2D eigenvalue weighted by Crippen LogP contribution is -1.90. The smallest absolute Gasteiger partial charge is 0.144 e. The van der Waals surface area contributed by atoms with Gasteiger partial charge >= 0.3 is 0 Å². The third-order valence-electron chi connectivity index (χ3n) is 2.75. The summed E-state index contributed by atoms with van der Waals surface area (Å²) in [4.78, 5) is 6.94. The molecule has 0 saturated heterocycles. The monoisotopic (exact) mass is 298 g/mol. The Balaban J connectivity index is 2.30. The zero-order valence-corrected chi connectivity index (χ0v) is 10.9. The second-order valence-electron chi connectivity index (χ2n) is 3.94. The summed E-state index contributed by atoms with van der Waals surface area (Å²) in [5.74, 6) is -1.31. The highest BCUT2D eigenvalue weighted by molar-refractivity contribution is 6.44. The van der Waals surface area contributed by atoms with Crippen molar-refractivity contribution in [1.29, 1.82) is 0 Å². The Bertz CT molecular complexity index is 763. The predicted molar refractivity (Wildman–Crippen MR) is 71.5 cm³/mol. The van der Waals surface area contributed by atoms with E-state index in [4.69, 9.17) is 23.2 Å². The Hall–Kier alpha value is -1.65. The molecule has 1 heterocycles. The van der Waals surface area contributed by atoms with Crippen LogP contribution in [0.15, 0.2) is 30.3 Å². The maximum atomic E-state index is 13.7. The Kier molecular flexibility index (Phi) is 2.92. The third-order valence-corrected chi connectivity index (χ3v) is 3.54. The van der Waals surface area contributed by atoms with E-state index in [0.717, 1.165) is 0 Å². The largest absolute Gasteiger partial charge is 0.338 e. The van der Waals surface area contributed by atoms with Gasteiger partial charge < -0.3 is 4.98 Å². The van der Waals surface area contributed by atoms with Crippen LogP contribution < -0.4 is 0 Å². The summed E-state index contributed by atoms with van der Waals surface area (Å²) in [7, 11) is 0. The fraction of sp³-hybridized carbons (Fsp3) is 0. The van der Waals surface area contributed by atoms with Gasteiger partial charge in [-0.3, -0.25) is 0 Å². The lowest BCUT2D eigenvalue weighted by molar-refractivity contribution is 0.588. The van der Waals surface area contributed by atoms with Gasteiger partial charge in [0.25, 0.3) is 0 Å². The third kappa shape index (κ3) is 1.97. The summed E-state index contributed by atoms with van der Waals surface area (Å²) in [5, 5.41) is 0.583. The molecule has 1 aromatic heterocycles. The average Bonchev–Trinajstić information content (AvgIpc) is 2.78. The number of hydrogen-bond donors (Lipinski definition) is 1. The first-order chi connectivity index (χ1) is 9.08. The van der Waals surface area contributed by atoms with Crippen molar-refractivity contribution in [1.82, 2.24) is 9.97 Å². The molecular weight excluding hydrogens is 293 g/mol. The number of aromatic amines is 1. The summed E-state index contributed by atoms with van der Waals surface area (Å²) in [6.07, 6.45) is 0. The van der Waals surface area contributed by atoms with Crippen molar-refractivity contribution >= 4 is 34.2 Å². The second-order valence-corrected chi connectivity index (χ2v) is 4.72. The van der Waals surface area contributed by atoms with E-state index >= 15 is 0 Å². The summed E-state index contributed by atoms with van der Waals surface area (Å²) in [5.41, 5.74) is 0.727. The molecule has 3 rings (SSSR count). The normalized spacial score (nSPS) is 11.2. The second kappa shape index (κ2) is 4.47. The van der Waals surface area contributed by atoms with Crippen molar-refractivity contribution in [2.45, 2.75) is 0 Å². The van der Waals surface area contributed by atoms with Crippen molar-refractivity contribution in [2.24, 2.45) is 0 Å². The molecule has 0 amide bonds. The minimum absolute atomic E-state index is 0.0785. The van der Waals surface area contributed by atoms with Gasteiger partial charge in [-0.1, -0.05) is 29.3 Å². The van der Waals surface area contributed by atoms with Crippen LogP contribution in [0, 0.1) is 11.6 Å². The summed E-state index contributed by atoms with van der Waals surface area (Å²) in [6, 6.07) is 6.87. The molecule has 0 bridgehead atoms. The van der Waals surface area contributed by atoms with E-state index in [1.54, 1.807) is 12.1 Å². The Labute approximate surface area is 117 Å². The van der Waals surface area contributed by atoms with Crippen LogP contribution in [0.1, 0.15) is 0 Å². The van der Waals surface area contributed by atoms with Gasteiger partial charge in [0.1, 0.15) is 23.0 Å². The van der Waals surface area contributed by atoms with Crippen LogP contribution in [-0.4, -0.2) is 9.97 Å². The number of hydrogen-bond acceptors (Lipinski definition) is 1. The predicted octanol–water partition coefficient (Wildman–Crippen LogP) is 4.81. The molecular formula is C13H6Cl2F2N2. The fourth-order valence-corrected chi connectivity index (χ4v) is 2.22. The molecule has 0 unspecified atom stereocenters. The van der Waals surface area contributed by atoms with Crippen molar-refractivity contribution in [3.63, 3.8) is 0 Å². The minimum Gasteiger partial charge on any atom is -0.338 e. The maximum absolute atomic E-state index is 13.7. The van der Waals surface area contributed by atoms with E-state index in [9.17, 15) is 8.78 Å². The van der Waals surface area contributed by atoms with Crippen molar-refractivity contribution in [2.75, 3.05) is 0 Å². The van der Waals surface area contributed by atoms with Crippen LogP contribution in [0.4, 0.5) is 8.78 Å². The highest BCUT2D eigenvalue weighted by Gasteiger charge is 2.16. The van der Waals surface area contributed by atoms with Gasteiger partial charge in [-0.2, -0.15) is 0 Å². The van der Waals surface area contributed by atoms with Gasteiger partial charge in [0.05, 0.1) is 21.1 Å². The number of H-pyrrole nitrogens is 1. The molecule has 0 spiro atoms. The number of fused-ring (bicyclic) bond motifs is 1. The number of nitrogens with one attached hydrogen (secondary N) is 1. The molecule has 0 fully saturated rings. The van der Waals surface area contributed by atoms with Crippen molar-refractivity contribution < 1.29 is 8.78 Å². The highest BCUT2D eigenvalue weighted by atomic mass is 35.5. The van der Waals surface area contributed by atoms with Crippen molar-refractivity contribution in [3.8, 4) is 11.4 Å². The summed E-state index contributed by atoms with van der Waals surface area (Å²) >= 11 is 11.9. The van der Waals surface area contributed by atoms with E-state index in [1.807, 2.05) is 0 Å². The zero-order valence-electron chi connectivity index (χ0n) is 9.35. The molecule has 0 aliphatic rings. The van der Waals surface area contributed by atoms with Gasteiger partial charge in [-0.05, 0) is 24.3 Å². The van der Waals surface area contributed by atoms with Crippen LogP contribution in [0.5, 0.6) is 0 Å². The Morgan fingerprint density at radius 1 is 1.00 bits per heavy atom. The number of benzene rings is 2. The molecule has 1 N–H and O–H groups in total. The number of aromatic nitrogens is 2. The summed E-state index contributed by atoms with van der Waals surface area (Å²) in [6.45, 7) is 0. The molecule has 96 valence electrons. The first-order valence-corrected chi connectivity index (χ1v) is 6.11. The number of rotatable bonds is 1. The van der Waals surface area contributed by atoms with Gasteiger partial charge in [-0.25, -0.2) is 13.8 Å². The molecule has 19 heavy (non-hydrogen) atoms. The van der Waals surface area contributed by atoms with E-state index in [2.05, 4.69) is 9.97 Å². The molecule has 0 aliphatic heterocycles. The number of halogens is 4. The van der Waals surface area contributed by atoms with E-state index in [1.165, 1.54) is 18.2 Å². The van der Waals surface area contributed by atoms with Crippen LogP contribution in [0.25, 0.3) is 22.4 Å². The summed E-state index contributed by atoms with van der Waals surface area (Å²) < 4.78 is 27.4. The molecule has 3 aromatic rings. The van der Waals surface area contributed by atoms with E-state index in [-0.39, 0.29) is 16.4 Å². The topological polar surface area (TPSA) is 28.7 Å². The first-order valence-electron chi connectivity index (χ1n) is 5.36. The van der Waals surface area contributed by atoms with Crippen molar-refractivity contribution in [3.05, 3.63) is 52.0 Å². The fourth-order valence-electron chi connectivity index (χ4n) is 1.86. The molecule has 2 aromatic carbocycles. The van der Waals surface area contributed by atoms with Crippen LogP contribution in [0.3, 0.4) is 0 Å². The molecule has 2 nitrogen and oxygen atoms in total. The molecule has 0 aliphatic carbocycles. The zero-order chi connectivity index (χ0) is 13.6. The minimum atomic E-state index is -0.693. The van der Waals surface area contributed by atoms with E-state index < -0.39 is 11.6 Å². The average molecular weight is 299 g/mol. The lowest BCUT2D eigenvalue weighted by atomic mass is 10.2. The quantitative estimate of drug-likeness (QED) is 0.686. The molecule has 6 heteroatoms. The first kappa shape index (κ1) is 12.4. The number of imidazole rings is 1. The standard InChI is InChI=1S/C13H6Cl2F2N2/c14-6-4-5-9-12(11(6)15)19-13(18-9)10-7(16)2-1-3-8(10)17/h1-5H,(H,18,19).